The highest BCUT2D eigenvalue weighted by atomic mass is 32.2. The number of nitrogens with one attached hydrogen (secondary N) is 1. The Balaban J connectivity index is 2.10. The van der Waals surface area contributed by atoms with Crippen molar-refractivity contribution >= 4 is 22.8 Å². The van der Waals surface area contributed by atoms with Crippen LogP contribution in [0.5, 0.6) is 0 Å². The molecule has 1 heterocycles. The zero-order valence-electron chi connectivity index (χ0n) is 10.4. The summed E-state index contributed by atoms with van der Waals surface area (Å²) in [6, 6.07) is -0.249. The predicted octanol–water partition coefficient (Wildman–Crippen LogP) is 2.66. The average Bonchev–Trinajstić information content (AvgIpc) is 2.69. The lowest BCUT2D eigenvalue weighted by Crippen LogP contribution is -2.36. The second kappa shape index (κ2) is 8.34. The molecule has 96 valence electrons. The minimum absolute atomic E-state index is 0.0439. The lowest BCUT2D eigenvalue weighted by molar-refractivity contribution is -0.123. The largest absolute Gasteiger partial charge is 0.345 e. The first-order chi connectivity index (χ1) is 8.24. The third-order valence-electron chi connectivity index (χ3n) is 2.71. The molecule has 1 aliphatic rings. The van der Waals surface area contributed by atoms with Gasteiger partial charge in [0.15, 0.2) is 0 Å². The number of unbranched alkanes of at least 4 members (excludes halogenated alkanes) is 3. The van der Waals surface area contributed by atoms with Gasteiger partial charge in [0, 0.05) is 12.2 Å². The van der Waals surface area contributed by atoms with Crippen LogP contribution >= 0.6 is 11.8 Å². The van der Waals surface area contributed by atoms with E-state index in [2.05, 4.69) is 18.3 Å². The SMILES string of the molecule is CCCCC/C=C/CC(=O)NC1CCSC1=O. The van der Waals surface area contributed by atoms with E-state index in [0.29, 0.717) is 6.42 Å². The maximum absolute atomic E-state index is 11.5. The zero-order chi connectivity index (χ0) is 12.5. The van der Waals surface area contributed by atoms with Gasteiger partial charge >= 0.3 is 0 Å². The summed E-state index contributed by atoms with van der Waals surface area (Å²) in [4.78, 5) is 22.8. The predicted molar refractivity (Wildman–Crippen MR) is 71.9 cm³/mol. The Morgan fingerprint density at radius 2 is 2.29 bits per heavy atom. The van der Waals surface area contributed by atoms with Crippen LogP contribution < -0.4 is 5.32 Å². The molecule has 0 aromatic heterocycles. The van der Waals surface area contributed by atoms with Gasteiger partial charge in [-0.25, -0.2) is 0 Å². The molecule has 1 atom stereocenters. The average molecular weight is 255 g/mol. The summed E-state index contributed by atoms with van der Waals surface area (Å²) in [5.74, 6) is 0.786. The minimum atomic E-state index is -0.249. The van der Waals surface area contributed by atoms with Crippen LogP contribution in [-0.4, -0.2) is 22.8 Å². The van der Waals surface area contributed by atoms with Gasteiger partial charge in [-0.1, -0.05) is 43.7 Å². The molecule has 3 nitrogen and oxygen atoms in total. The zero-order valence-corrected chi connectivity index (χ0v) is 11.2. The van der Waals surface area contributed by atoms with Crippen molar-refractivity contribution in [1.82, 2.24) is 5.32 Å². The van der Waals surface area contributed by atoms with Crippen LogP contribution in [0, 0.1) is 0 Å². The van der Waals surface area contributed by atoms with E-state index < -0.39 is 0 Å². The smallest absolute Gasteiger partial charge is 0.224 e. The molecule has 0 radical (unpaired) electrons. The Labute approximate surface area is 107 Å². The quantitative estimate of drug-likeness (QED) is 0.562. The first-order valence-corrected chi connectivity index (χ1v) is 7.33. The summed E-state index contributed by atoms with van der Waals surface area (Å²) >= 11 is 1.31. The van der Waals surface area contributed by atoms with Crippen molar-refractivity contribution in [2.75, 3.05) is 5.75 Å². The van der Waals surface area contributed by atoms with Crippen molar-refractivity contribution in [3.05, 3.63) is 12.2 Å². The van der Waals surface area contributed by atoms with Crippen LogP contribution in [0.1, 0.15) is 45.4 Å². The molecule has 1 unspecified atom stereocenters. The van der Waals surface area contributed by atoms with E-state index in [4.69, 9.17) is 0 Å². The van der Waals surface area contributed by atoms with Crippen LogP contribution in [0.15, 0.2) is 12.2 Å². The summed E-state index contributed by atoms with van der Waals surface area (Å²) < 4.78 is 0. The normalized spacial score (nSPS) is 20.1. The summed E-state index contributed by atoms with van der Waals surface area (Å²) in [5.41, 5.74) is 0. The van der Waals surface area contributed by atoms with Gasteiger partial charge in [0.2, 0.25) is 11.0 Å². The van der Waals surface area contributed by atoms with Crippen LogP contribution in [-0.2, 0) is 9.59 Å². The fourth-order valence-electron chi connectivity index (χ4n) is 1.70. The van der Waals surface area contributed by atoms with E-state index in [1.807, 2.05) is 6.08 Å². The number of carbonyl (C=O) groups excluding carboxylic acids is 2. The topological polar surface area (TPSA) is 46.2 Å². The molecule has 0 spiro atoms. The van der Waals surface area contributed by atoms with E-state index in [-0.39, 0.29) is 17.1 Å². The van der Waals surface area contributed by atoms with Gasteiger partial charge in [0.05, 0.1) is 6.04 Å². The van der Waals surface area contributed by atoms with Gasteiger partial charge in [-0.15, -0.1) is 0 Å². The summed E-state index contributed by atoms with van der Waals surface area (Å²) in [6.45, 7) is 2.17. The number of hydrogen-bond acceptors (Lipinski definition) is 3. The summed E-state index contributed by atoms with van der Waals surface area (Å²) in [7, 11) is 0. The van der Waals surface area contributed by atoms with Gasteiger partial charge in [-0.3, -0.25) is 9.59 Å². The highest BCUT2D eigenvalue weighted by molar-refractivity contribution is 8.14. The molecule has 1 fully saturated rings. The van der Waals surface area contributed by atoms with Crippen molar-refractivity contribution in [2.24, 2.45) is 0 Å². The number of amides is 1. The van der Waals surface area contributed by atoms with Gasteiger partial charge in [-0.2, -0.15) is 0 Å². The van der Waals surface area contributed by atoms with Gasteiger partial charge in [-0.05, 0) is 19.3 Å². The van der Waals surface area contributed by atoms with Gasteiger partial charge in [0.1, 0.15) is 0 Å². The van der Waals surface area contributed by atoms with Crippen molar-refractivity contribution in [2.45, 2.75) is 51.5 Å². The highest BCUT2D eigenvalue weighted by Crippen LogP contribution is 2.19. The highest BCUT2D eigenvalue weighted by Gasteiger charge is 2.26. The van der Waals surface area contributed by atoms with Crippen LogP contribution in [0.3, 0.4) is 0 Å². The monoisotopic (exact) mass is 255 g/mol. The Morgan fingerprint density at radius 3 is 2.94 bits per heavy atom. The van der Waals surface area contributed by atoms with Gasteiger partial charge in [0.25, 0.3) is 0 Å². The van der Waals surface area contributed by atoms with E-state index in [0.717, 1.165) is 18.6 Å². The third-order valence-corrected chi connectivity index (χ3v) is 3.72. The van der Waals surface area contributed by atoms with Crippen molar-refractivity contribution in [1.29, 1.82) is 0 Å². The van der Waals surface area contributed by atoms with Crippen LogP contribution in [0.2, 0.25) is 0 Å². The molecule has 1 amide bonds. The molecular weight excluding hydrogens is 234 g/mol. The summed E-state index contributed by atoms with van der Waals surface area (Å²) in [5, 5.41) is 2.87. The number of rotatable bonds is 7. The number of hydrogen-bond donors (Lipinski definition) is 1. The van der Waals surface area contributed by atoms with Crippen LogP contribution in [0.4, 0.5) is 0 Å². The Morgan fingerprint density at radius 1 is 1.47 bits per heavy atom. The lowest BCUT2D eigenvalue weighted by atomic mass is 10.2. The van der Waals surface area contributed by atoms with Crippen molar-refractivity contribution in [3.63, 3.8) is 0 Å². The lowest BCUT2D eigenvalue weighted by Gasteiger charge is -2.08. The number of thioether (sulfide) groups is 1. The number of allylic oxidation sites excluding steroid dienone is 1. The fraction of sp³-hybridized carbons (Fsp3) is 0.692. The second-order valence-corrected chi connectivity index (χ2v) is 5.35. The molecule has 0 aromatic rings. The molecule has 17 heavy (non-hydrogen) atoms. The number of carbonyl (C=O) groups is 2. The van der Waals surface area contributed by atoms with E-state index in [9.17, 15) is 9.59 Å². The van der Waals surface area contributed by atoms with E-state index in [1.165, 1.54) is 31.0 Å². The first-order valence-electron chi connectivity index (χ1n) is 6.35. The molecule has 1 saturated heterocycles. The first kappa shape index (κ1) is 14.3. The Kier molecular flexibility index (Phi) is 7.01. The second-order valence-electron chi connectivity index (χ2n) is 4.25. The molecule has 4 heteroatoms. The maximum atomic E-state index is 11.5. The van der Waals surface area contributed by atoms with Crippen molar-refractivity contribution in [3.8, 4) is 0 Å². The Bertz CT molecular complexity index is 289. The minimum Gasteiger partial charge on any atom is -0.345 e. The molecule has 1 N–H and O–H groups in total. The fourth-order valence-corrected chi connectivity index (χ4v) is 2.63. The molecular formula is C13H21NO2S. The van der Waals surface area contributed by atoms with E-state index in [1.54, 1.807) is 0 Å². The van der Waals surface area contributed by atoms with Crippen molar-refractivity contribution < 1.29 is 9.59 Å². The van der Waals surface area contributed by atoms with E-state index >= 15 is 0 Å². The Hall–Kier alpha value is -0.770. The molecule has 1 aliphatic heterocycles. The molecule has 0 saturated carbocycles. The van der Waals surface area contributed by atoms with Gasteiger partial charge < -0.3 is 5.32 Å². The molecule has 0 aromatic carbocycles. The molecule has 0 aliphatic carbocycles. The maximum Gasteiger partial charge on any atom is 0.224 e. The molecule has 1 rings (SSSR count). The third kappa shape index (κ3) is 5.91. The standard InChI is InChI=1S/C13H21NO2S/c1-2-3-4-5-6-7-8-12(15)14-11-9-10-17-13(11)16/h6-7,11H,2-5,8-10H2,1H3,(H,14,15)/b7-6+. The molecule has 0 bridgehead atoms. The van der Waals surface area contributed by atoms with Crippen LogP contribution in [0.25, 0.3) is 0 Å². The summed E-state index contributed by atoms with van der Waals surface area (Å²) in [6.07, 6.45) is 9.81.